The molecular formula is C31H36Cl2Zr. The van der Waals surface area contributed by atoms with E-state index in [4.69, 9.17) is 0 Å². The van der Waals surface area contributed by atoms with Gasteiger partial charge in [0.05, 0.1) is 0 Å². The maximum atomic E-state index is 2.57. The first kappa shape index (κ1) is 26.3. The number of hydrogen-bond donors (Lipinski definition) is 0. The van der Waals surface area contributed by atoms with Crippen LogP contribution in [0.25, 0.3) is 11.1 Å². The summed E-state index contributed by atoms with van der Waals surface area (Å²) in [5.74, 6) is 1.84. The fourth-order valence-corrected chi connectivity index (χ4v) is 17.7. The summed E-state index contributed by atoms with van der Waals surface area (Å²) in [7, 11) is 0. The summed E-state index contributed by atoms with van der Waals surface area (Å²) in [4.78, 5) is 0. The van der Waals surface area contributed by atoms with E-state index in [1.165, 1.54) is 81.8 Å². The first-order chi connectivity index (χ1) is 15.9. The van der Waals surface area contributed by atoms with Gasteiger partial charge in [0.15, 0.2) is 0 Å². The van der Waals surface area contributed by atoms with Crippen molar-refractivity contribution in [1.29, 1.82) is 0 Å². The molecule has 0 nitrogen and oxygen atoms in total. The van der Waals surface area contributed by atoms with E-state index in [9.17, 15) is 0 Å². The smallest absolute Gasteiger partial charge is 1.00 e. The van der Waals surface area contributed by atoms with Crippen LogP contribution in [0.15, 0.2) is 70.0 Å². The van der Waals surface area contributed by atoms with E-state index < -0.39 is 21.3 Å². The van der Waals surface area contributed by atoms with Crippen LogP contribution in [-0.2, 0) is 21.3 Å². The molecule has 0 radical (unpaired) electrons. The molecule has 0 spiro atoms. The molecule has 2 aromatic rings. The maximum absolute atomic E-state index is 2.57. The fraction of sp³-hybridized carbons (Fsp3) is 0.452. The third kappa shape index (κ3) is 4.92. The van der Waals surface area contributed by atoms with Crippen molar-refractivity contribution >= 4 is 3.21 Å². The number of allylic oxidation sites excluding steroid dienone is 4. The van der Waals surface area contributed by atoms with Crippen LogP contribution in [-0.4, -0.2) is 3.21 Å². The van der Waals surface area contributed by atoms with Crippen molar-refractivity contribution in [3.63, 3.8) is 0 Å². The van der Waals surface area contributed by atoms with Gasteiger partial charge in [-0.15, -0.1) is 0 Å². The van der Waals surface area contributed by atoms with Gasteiger partial charge in [0.2, 0.25) is 0 Å². The fourth-order valence-electron chi connectivity index (χ4n) is 7.25. The van der Waals surface area contributed by atoms with Gasteiger partial charge in [-0.25, -0.2) is 0 Å². The summed E-state index contributed by atoms with van der Waals surface area (Å²) in [5, 5.41) is 0. The second-order valence-corrected chi connectivity index (χ2v) is 16.9. The van der Waals surface area contributed by atoms with Crippen LogP contribution >= 0.6 is 0 Å². The minimum Gasteiger partial charge on any atom is -1.00 e. The van der Waals surface area contributed by atoms with Crippen LogP contribution in [0.3, 0.4) is 0 Å². The average molecular weight is 571 g/mol. The standard InChI is InChI=1S/C13H9.C13H22.C5H5.2ClH.Zr/c1-3-7-12-10(5-1)9-11-6-2-4-8-13(11)12;1-3-7-12(8-4-1)11-13-9-5-2-6-10-13;1-2-4-5-3-1;;;/h1-9H;12-13H,1-10H2;1-3H,4H2;2*1H;/q;;;;;+2/p-2. The Hall–Kier alpha value is -0.747. The predicted molar refractivity (Wildman–Crippen MR) is 134 cm³/mol. The predicted octanol–water partition coefficient (Wildman–Crippen LogP) is 2.56. The summed E-state index contributed by atoms with van der Waals surface area (Å²) >= 11 is -2.16. The van der Waals surface area contributed by atoms with Crippen molar-refractivity contribution in [2.24, 2.45) is 11.8 Å². The van der Waals surface area contributed by atoms with E-state index >= 15 is 0 Å². The topological polar surface area (TPSA) is 0 Å². The monoisotopic (exact) mass is 568 g/mol. The number of rotatable bonds is 4. The summed E-state index contributed by atoms with van der Waals surface area (Å²) in [6.45, 7) is 0. The molecule has 34 heavy (non-hydrogen) atoms. The van der Waals surface area contributed by atoms with Gasteiger partial charge in [0, 0.05) is 0 Å². The normalized spacial score (nSPS) is 19.8. The Morgan fingerprint density at radius 2 is 1.15 bits per heavy atom. The molecular weight excluding hydrogens is 534 g/mol. The Bertz CT molecular complexity index is 1020. The van der Waals surface area contributed by atoms with Crippen LogP contribution in [0.4, 0.5) is 0 Å². The van der Waals surface area contributed by atoms with Gasteiger partial charge in [-0.05, 0) is 0 Å². The second-order valence-electron chi connectivity index (χ2n) is 10.5. The van der Waals surface area contributed by atoms with Gasteiger partial charge >= 0.3 is 203 Å². The molecule has 0 aromatic heterocycles. The Balaban J connectivity index is 0.00000137. The second kappa shape index (κ2) is 12.0. The molecule has 2 fully saturated rings. The number of fused-ring (bicyclic) bond motifs is 3. The minimum absolute atomic E-state index is 0. The summed E-state index contributed by atoms with van der Waals surface area (Å²) < 4.78 is 4.74. The van der Waals surface area contributed by atoms with Crippen molar-refractivity contribution in [2.75, 3.05) is 0 Å². The van der Waals surface area contributed by atoms with E-state index in [0.29, 0.717) is 3.63 Å². The number of halogens is 2. The van der Waals surface area contributed by atoms with Gasteiger partial charge in [-0.2, -0.15) is 0 Å². The molecule has 0 saturated heterocycles. The van der Waals surface area contributed by atoms with Gasteiger partial charge in [-0.3, -0.25) is 0 Å². The molecule has 3 heteroatoms. The van der Waals surface area contributed by atoms with Gasteiger partial charge < -0.3 is 24.8 Å². The summed E-state index contributed by atoms with van der Waals surface area (Å²) in [6.07, 6.45) is 23.3. The van der Waals surface area contributed by atoms with E-state index in [1.807, 2.05) is 3.28 Å². The molecule has 2 saturated carbocycles. The number of benzene rings is 2. The molecule has 0 heterocycles. The van der Waals surface area contributed by atoms with Crippen LogP contribution in [0.1, 0.15) is 85.4 Å². The Labute approximate surface area is 226 Å². The molecule has 2 aromatic carbocycles. The molecule has 4 aliphatic carbocycles. The van der Waals surface area contributed by atoms with Crippen molar-refractivity contribution in [1.82, 2.24) is 0 Å². The minimum atomic E-state index is -2.16. The van der Waals surface area contributed by atoms with Crippen molar-refractivity contribution in [3.8, 4) is 11.1 Å². The maximum Gasteiger partial charge on any atom is -1.00 e. The molecule has 4 aliphatic rings. The molecule has 0 N–H and O–H groups in total. The van der Waals surface area contributed by atoms with Crippen LogP contribution in [0.5, 0.6) is 0 Å². The molecule has 0 aliphatic heterocycles. The summed E-state index contributed by atoms with van der Waals surface area (Å²) in [5.41, 5.74) is 6.40. The molecule has 0 amide bonds. The van der Waals surface area contributed by atoms with E-state index in [1.54, 1.807) is 11.1 Å². The van der Waals surface area contributed by atoms with Gasteiger partial charge in [0.25, 0.3) is 0 Å². The first-order valence-corrected chi connectivity index (χ1v) is 17.1. The number of hydrogen-bond acceptors (Lipinski definition) is 0. The third-order valence-corrected chi connectivity index (χ3v) is 17.7. The Morgan fingerprint density at radius 3 is 1.62 bits per heavy atom. The van der Waals surface area contributed by atoms with Gasteiger partial charge in [0.1, 0.15) is 0 Å². The third-order valence-electron chi connectivity index (χ3n) is 8.64. The van der Waals surface area contributed by atoms with Crippen LogP contribution in [0.2, 0.25) is 0 Å². The quantitative estimate of drug-likeness (QED) is 0.531. The zero-order valence-electron chi connectivity index (χ0n) is 20.1. The average Bonchev–Trinajstić information content (AvgIpc) is 3.51. The summed E-state index contributed by atoms with van der Waals surface area (Å²) in [6, 6.07) is 18.9. The van der Waals surface area contributed by atoms with Crippen LogP contribution in [0, 0.1) is 11.8 Å². The Morgan fingerprint density at radius 1 is 0.647 bits per heavy atom. The van der Waals surface area contributed by atoms with E-state index in [-0.39, 0.29) is 24.8 Å². The van der Waals surface area contributed by atoms with Crippen molar-refractivity contribution in [3.05, 3.63) is 81.2 Å². The zero-order valence-corrected chi connectivity index (χ0v) is 24.1. The van der Waals surface area contributed by atoms with Gasteiger partial charge in [-0.1, -0.05) is 0 Å². The zero-order chi connectivity index (χ0) is 21.3. The molecule has 0 bridgehead atoms. The van der Waals surface area contributed by atoms with Crippen LogP contribution < -0.4 is 24.8 Å². The molecule has 178 valence electrons. The SMILES string of the molecule is C1=CC[C]([Zr+2](=[C](C2CCCCC2)C2CCCCC2)[CH]2c3ccccc3-c3ccccc32)=C1.[Cl-].[Cl-]. The Kier molecular flexibility index (Phi) is 9.28. The molecule has 0 unspecified atom stereocenters. The van der Waals surface area contributed by atoms with E-state index in [0.717, 1.165) is 11.8 Å². The van der Waals surface area contributed by atoms with Crippen molar-refractivity contribution in [2.45, 2.75) is 74.3 Å². The van der Waals surface area contributed by atoms with E-state index in [2.05, 4.69) is 70.0 Å². The first-order valence-electron chi connectivity index (χ1n) is 13.2. The van der Waals surface area contributed by atoms with Crippen molar-refractivity contribution < 1.29 is 46.1 Å². The molecule has 6 rings (SSSR count). The largest absolute Gasteiger partial charge is 1.00 e. The molecule has 0 atom stereocenters.